The number of nitrogens with zero attached hydrogens (tertiary/aromatic N) is 3. The maximum atomic E-state index is 4.60. The number of pyridine rings is 1. The van der Waals surface area contributed by atoms with Gasteiger partial charge in [-0.3, -0.25) is 0 Å². The topological polar surface area (TPSA) is 29.0 Å². The fourth-order valence-corrected chi connectivity index (χ4v) is 4.97. The van der Waals surface area contributed by atoms with E-state index < -0.39 is 0 Å². The summed E-state index contributed by atoms with van der Waals surface area (Å²) in [6.45, 7) is 0. The van der Waals surface area contributed by atoms with Crippen molar-refractivity contribution in [3.8, 4) is 0 Å². The second-order valence-corrected chi connectivity index (χ2v) is 8.96. The first-order chi connectivity index (χ1) is 14.7. The predicted molar refractivity (Wildman–Crippen MR) is 131 cm³/mol. The maximum Gasteiger partial charge on any atom is 0.170 e. The second-order valence-electron chi connectivity index (χ2n) is 6.98. The molecule has 0 saturated carbocycles. The zero-order valence-corrected chi connectivity index (χ0v) is 18.7. The van der Waals surface area contributed by atoms with Crippen molar-refractivity contribution in [2.75, 3.05) is 11.9 Å². The number of halogens is 1. The van der Waals surface area contributed by atoms with Crippen molar-refractivity contribution in [2.24, 2.45) is 0 Å². The van der Waals surface area contributed by atoms with Crippen LogP contribution >= 0.6 is 27.3 Å². The molecule has 2 aromatic carbocycles. The molecular formula is C25H18BrN3S. The summed E-state index contributed by atoms with van der Waals surface area (Å²) in [5.74, 6) is 0. The molecule has 1 aliphatic heterocycles. The Morgan fingerprint density at radius 2 is 1.83 bits per heavy atom. The van der Waals surface area contributed by atoms with Gasteiger partial charge in [-0.05, 0) is 51.4 Å². The molecule has 146 valence electrons. The van der Waals surface area contributed by atoms with Gasteiger partial charge >= 0.3 is 0 Å². The van der Waals surface area contributed by atoms with Crippen LogP contribution in [0, 0.1) is 0 Å². The van der Waals surface area contributed by atoms with E-state index in [2.05, 4.69) is 111 Å². The summed E-state index contributed by atoms with van der Waals surface area (Å²) < 4.78 is 2.05. The standard InChI is InChI=1S/C25H18BrN3S/c1-29-21-12-6-5-11-20(21)18(14-22(29)17-8-3-2-4-9-17)10-7-13-24-28-25-23(30-24)15-19(26)16-27-25/h2-16H,1H3/b13-7+,18-10+. The number of anilines is 1. The molecule has 3 heterocycles. The Labute approximate surface area is 187 Å². The molecule has 0 unspecified atom stereocenters. The number of hydrogen-bond donors (Lipinski definition) is 0. The Bertz CT molecular complexity index is 1320. The summed E-state index contributed by atoms with van der Waals surface area (Å²) in [6, 6.07) is 21.1. The number of aromatic nitrogens is 2. The average Bonchev–Trinajstić information content (AvgIpc) is 3.18. The highest BCUT2D eigenvalue weighted by Crippen LogP contribution is 2.38. The zero-order chi connectivity index (χ0) is 20.5. The first-order valence-electron chi connectivity index (χ1n) is 9.60. The lowest BCUT2D eigenvalue weighted by Gasteiger charge is -2.30. The Kier molecular flexibility index (Phi) is 5.07. The summed E-state index contributed by atoms with van der Waals surface area (Å²) in [5.41, 5.74) is 6.77. The number of rotatable bonds is 3. The molecule has 0 saturated heterocycles. The third kappa shape index (κ3) is 3.62. The number of para-hydroxylation sites is 1. The van der Waals surface area contributed by atoms with Crippen LogP contribution in [0.25, 0.3) is 27.7 Å². The van der Waals surface area contributed by atoms with Crippen LogP contribution in [-0.4, -0.2) is 17.0 Å². The quantitative estimate of drug-likeness (QED) is 0.320. The number of benzene rings is 2. The van der Waals surface area contributed by atoms with E-state index in [9.17, 15) is 0 Å². The number of hydrogen-bond acceptors (Lipinski definition) is 4. The normalized spacial score (nSPS) is 15.1. The molecule has 0 atom stereocenters. The van der Waals surface area contributed by atoms with E-state index in [1.54, 1.807) is 17.5 Å². The lowest BCUT2D eigenvalue weighted by atomic mass is 9.95. The van der Waals surface area contributed by atoms with Gasteiger partial charge in [0.1, 0.15) is 5.01 Å². The molecule has 0 amide bonds. The molecular weight excluding hydrogens is 454 g/mol. The maximum absolute atomic E-state index is 4.60. The highest BCUT2D eigenvalue weighted by molar-refractivity contribution is 9.10. The molecule has 0 fully saturated rings. The number of thiazole rings is 1. The third-order valence-corrected chi connectivity index (χ3v) is 6.43. The van der Waals surface area contributed by atoms with Gasteiger partial charge in [0.05, 0.1) is 4.70 Å². The molecule has 5 heteroatoms. The van der Waals surface area contributed by atoms with E-state index >= 15 is 0 Å². The van der Waals surface area contributed by atoms with Crippen molar-refractivity contribution < 1.29 is 0 Å². The largest absolute Gasteiger partial charge is 0.344 e. The van der Waals surface area contributed by atoms with Crippen molar-refractivity contribution in [3.63, 3.8) is 0 Å². The van der Waals surface area contributed by atoms with Gasteiger partial charge < -0.3 is 4.90 Å². The minimum Gasteiger partial charge on any atom is -0.344 e. The summed E-state index contributed by atoms with van der Waals surface area (Å²) in [7, 11) is 2.12. The smallest absolute Gasteiger partial charge is 0.170 e. The monoisotopic (exact) mass is 471 g/mol. The van der Waals surface area contributed by atoms with Crippen LogP contribution in [0.4, 0.5) is 5.69 Å². The van der Waals surface area contributed by atoms with E-state index in [1.807, 2.05) is 12.1 Å². The summed E-state index contributed by atoms with van der Waals surface area (Å²) >= 11 is 5.11. The Morgan fingerprint density at radius 3 is 2.70 bits per heavy atom. The molecule has 5 rings (SSSR count). The number of fused-ring (bicyclic) bond motifs is 2. The van der Waals surface area contributed by atoms with E-state index in [1.165, 1.54) is 28.1 Å². The minimum atomic E-state index is 0.784. The molecule has 4 aromatic rings. The van der Waals surface area contributed by atoms with Gasteiger partial charge in [0.2, 0.25) is 0 Å². The van der Waals surface area contributed by atoms with Gasteiger partial charge in [-0.2, -0.15) is 0 Å². The van der Waals surface area contributed by atoms with E-state index in [0.717, 1.165) is 19.8 Å². The average molecular weight is 472 g/mol. The van der Waals surface area contributed by atoms with Crippen molar-refractivity contribution in [1.82, 2.24) is 9.97 Å². The SMILES string of the molecule is CN1C(c2ccccc2)=C/C(=C\C=C\c2nc3ncc(Br)cc3s2)c2ccccc21. The Hall–Kier alpha value is -3.02. The summed E-state index contributed by atoms with van der Waals surface area (Å²) in [6.07, 6.45) is 10.3. The van der Waals surface area contributed by atoms with E-state index in [4.69, 9.17) is 0 Å². The summed E-state index contributed by atoms with van der Waals surface area (Å²) in [4.78, 5) is 11.2. The van der Waals surface area contributed by atoms with Crippen molar-refractivity contribution >= 4 is 60.6 Å². The van der Waals surface area contributed by atoms with E-state index in [-0.39, 0.29) is 0 Å². The zero-order valence-electron chi connectivity index (χ0n) is 16.3. The van der Waals surface area contributed by atoms with Crippen LogP contribution in [0.3, 0.4) is 0 Å². The van der Waals surface area contributed by atoms with Gasteiger partial charge in [-0.1, -0.05) is 60.7 Å². The summed E-state index contributed by atoms with van der Waals surface area (Å²) in [5, 5.41) is 0.945. The van der Waals surface area contributed by atoms with Gasteiger partial charge in [-0.15, -0.1) is 11.3 Å². The minimum absolute atomic E-state index is 0.784. The van der Waals surface area contributed by atoms with Crippen LogP contribution in [0.2, 0.25) is 0 Å². The molecule has 0 bridgehead atoms. The van der Waals surface area contributed by atoms with Crippen molar-refractivity contribution in [2.45, 2.75) is 0 Å². The van der Waals surface area contributed by atoms with Crippen LogP contribution in [0.1, 0.15) is 16.1 Å². The highest BCUT2D eigenvalue weighted by Gasteiger charge is 2.19. The fraction of sp³-hybridized carbons (Fsp3) is 0.0400. The molecule has 30 heavy (non-hydrogen) atoms. The fourth-order valence-electron chi connectivity index (χ4n) is 3.60. The van der Waals surface area contributed by atoms with Crippen LogP contribution < -0.4 is 4.90 Å². The van der Waals surface area contributed by atoms with Gasteiger partial charge in [-0.25, -0.2) is 9.97 Å². The molecule has 0 aliphatic carbocycles. The van der Waals surface area contributed by atoms with Crippen LogP contribution in [-0.2, 0) is 0 Å². The van der Waals surface area contributed by atoms with Crippen LogP contribution in [0.5, 0.6) is 0 Å². The van der Waals surface area contributed by atoms with Crippen molar-refractivity contribution in [3.05, 3.63) is 106 Å². The highest BCUT2D eigenvalue weighted by atomic mass is 79.9. The second kappa shape index (κ2) is 8.01. The number of allylic oxidation sites excluding steroid dienone is 4. The van der Waals surface area contributed by atoms with Gasteiger partial charge in [0.15, 0.2) is 5.65 Å². The molecule has 0 spiro atoms. The lowest BCUT2D eigenvalue weighted by molar-refractivity contribution is 1.20. The van der Waals surface area contributed by atoms with Crippen LogP contribution in [0.15, 0.2) is 89.6 Å². The van der Waals surface area contributed by atoms with E-state index in [0.29, 0.717) is 0 Å². The molecule has 2 aromatic heterocycles. The molecule has 0 radical (unpaired) electrons. The van der Waals surface area contributed by atoms with Gasteiger partial charge in [0.25, 0.3) is 0 Å². The molecule has 3 nitrogen and oxygen atoms in total. The first-order valence-corrected chi connectivity index (χ1v) is 11.2. The van der Waals surface area contributed by atoms with Crippen molar-refractivity contribution in [1.29, 1.82) is 0 Å². The lowest BCUT2D eigenvalue weighted by Crippen LogP contribution is -2.20. The van der Waals surface area contributed by atoms with Gasteiger partial charge in [0, 0.05) is 34.7 Å². The first kappa shape index (κ1) is 19.0. The molecule has 1 aliphatic rings. The predicted octanol–water partition coefficient (Wildman–Crippen LogP) is 7.04. The molecule has 0 N–H and O–H groups in total. The Balaban J connectivity index is 1.53. The Morgan fingerprint density at radius 1 is 1.03 bits per heavy atom. The third-order valence-electron chi connectivity index (χ3n) is 5.04.